The van der Waals surface area contributed by atoms with Gasteiger partial charge in [-0.25, -0.2) is 14.5 Å². The standard InChI is InChI=1S/C32H27N3O9/c1-20-7-10-24(42-20)13-23(16-33)29(36)39-17-32(4,18-40-30(37)27(34-5)14-25-11-8-21(2)43-25)19-41-31(38)28(35-6)15-26-12-9-22(3)44-26/h7-15H,17-19H2,1-4H3. The Morgan fingerprint density at radius 2 is 1.09 bits per heavy atom. The second-order valence-electron chi connectivity index (χ2n) is 9.84. The van der Waals surface area contributed by atoms with Crippen LogP contribution in [-0.2, 0) is 28.6 Å². The van der Waals surface area contributed by atoms with Crippen molar-refractivity contribution < 1.29 is 41.8 Å². The van der Waals surface area contributed by atoms with Gasteiger partial charge in [0.05, 0.1) is 18.6 Å². The number of aryl methyl sites for hydroxylation is 3. The maximum atomic E-state index is 12.7. The fraction of sp³-hybridized carbons (Fsp3) is 0.250. The van der Waals surface area contributed by atoms with Crippen molar-refractivity contribution in [2.75, 3.05) is 19.8 Å². The van der Waals surface area contributed by atoms with Gasteiger partial charge in [-0.15, -0.1) is 0 Å². The monoisotopic (exact) mass is 597 g/mol. The molecule has 3 aromatic heterocycles. The third-order valence-electron chi connectivity index (χ3n) is 5.78. The first-order valence-electron chi connectivity index (χ1n) is 13.0. The van der Waals surface area contributed by atoms with Crippen molar-refractivity contribution in [3.8, 4) is 6.07 Å². The van der Waals surface area contributed by atoms with Crippen LogP contribution in [-0.4, -0.2) is 37.7 Å². The van der Waals surface area contributed by atoms with Gasteiger partial charge in [-0.2, -0.15) is 5.26 Å². The highest BCUT2D eigenvalue weighted by Crippen LogP contribution is 2.23. The number of furan rings is 3. The van der Waals surface area contributed by atoms with E-state index in [1.54, 1.807) is 63.2 Å². The van der Waals surface area contributed by atoms with E-state index in [9.17, 15) is 19.6 Å². The van der Waals surface area contributed by atoms with Gasteiger partial charge in [0.1, 0.15) is 66.0 Å². The molecular weight excluding hydrogens is 570 g/mol. The summed E-state index contributed by atoms with van der Waals surface area (Å²) in [6.07, 6.45) is 3.63. The van der Waals surface area contributed by atoms with Crippen LogP contribution in [0.4, 0.5) is 0 Å². The van der Waals surface area contributed by atoms with E-state index < -0.39 is 43.1 Å². The van der Waals surface area contributed by atoms with Crippen molar-refractivity contribution in [3.63, 3.8) is 0 Å². The molecular formula is C32H27N3O9. The maximum Gasteiger partial charge on any atom is 0.349 e. The zero-order valence-corrected chi connectivity index (χ0v) is 24.3. The van der Waals surface area contributed by atoms with Crippen LogP contribution in [0.5, 0.6) is 0 Å². The van der Waals surface area contributed by atoms with Crippen LogP contribution in [0, 0.1) is 50.7 Å². The zero-order chi connectivity index (χ0) is 32.3. The Kier molecular flexibility index (Phi) is 10.9. The van der Waals surface area contributed by atoms with E-state index in [4.69, 9.17) is 40.6 Å². The number of carbonyl (C=O) groups is 3. The predicted octanol–water partition coefficient (Wildman–Crippen LogP) is 5.85. The van der Waals surface area contributed by atoms with Gasteiger partial charge < -0.3 is 27.5 Å². The van der Waals surface area contributed by atoms with Gasteiger partial charge >= 0.3 is 17.9 Å². The van der Waals surface area contributed by atoms with Gasteiger partial charge in [-0.3, -0.25) is 9.59 Å². The van der Waals surface area contributed by atoms with Crippen molar-refractivity contribution in [1.29, 1.82) is 5.26 Å². The summed E-state index contributed by atoms with van der Waals surface area (Å²) in [5.41, 5.74) is -2.50. The minimum absolute atomic E-state index is 0.261. The molecule has 3 heterocycles. The van der Waals surface area contributed by atoms with Crippen LogP contribution in [0.1, 0.15) is 41.5 Å². The number of nitriles is 1. The fourth-order valence-corrected chi connectivity index (χ4v) is 3.49. The lowest BCUT2D eigenvalue weighted by Gasteiger charge is -2.28. The van der Waals surface area contributed by atoms with Crippen LogP contribution in [0.25, 0.3) is 27.9 Å². The SMILES string of the molecule is [C-]#[N+]C(=Cc1ccc(C)o1)C(=O)OCC(C)(COC(=O)C(C#N)=Cc1ccc(C)o1)COC(=O)C(=Cc1ccc(C)o1)[N+]#[C-]. The molecule has 0 N–H and O–H groups in total. The smallest absolute Gasteiger partial charge is 0.349 e. The summed E-state index contributed by atoms with van der Waals surface area (Å²) in [4.78, 5) is 44.6. The molecule has 12 heteroatoms. The van der Waals surface area contributed by atoms with Gasteiger partial charge in [0.25, 0.3) is 11.4 Å². The van der Waals surface area contributed by atoms with Gasteiger partial charge in [0.15, 0.2) is 0 Å². The summed E-state index contributed by atoms with van der Waals surface area (Å²) in [5.74, 6) is -0.484. The lowest BCUT2D eigenvalue weighted by atomic mass is 9.94. The molecule has 0 amide bonds. The third kappa shape index (κ3) is 9.23. The Hall–Kier alpha value is -6.06. The Morgan fingerprint density at radius 1 is 0.727 bits per heavy atom. The van der Waals surface area contributed by atoms with Crippen LogP contribution in [0.3, 0.4) is 0 Å². The number of hydrogen-bond donors (Lipinski definition) is 0. The number of hydrogen-bond acceptors (Lipinski definition) is 10. The van der Waals surface area contributed by atoms with Crippen molar-refractivity contribution in [1.82, 2.24) is 0 Å². The zero-order valence-electron chi connectivity index (χ0n) is 24.3. The van der Waals surface area contributed by atoms with Gasteiger partial charge in [0.2, 0.25) is 0 Å². The fourth-order valence-electron chi connectivity index (χ4n) is 3.49. The highest BCUT2D eigenvalue weighted by molar-refractivity contribution is 5.98. The minimum Gasteiger partial charge on any atom is -0.470 e. The van der Waals surface area contributed by atoms with E-state index in [0.717, 1.165) is 0 Å². The van der Waals surface area contributed by atoms with Gasteiger partial charge in [-0.05, 0) is 76.2 Å². The number of esters is 3. The largest absolute Gasteiger partial charge is 0.470 e. The maximum absolute atomic E-state index is 12.7. The summed E-state index contributed by atoms with van der Waals surface area (Å²) >= 11 is 0. The summed E-state index contributed by atoms with van der Waals surface area (Å²) in [6, 6.07) is 11.5. The first kappa shape index (κ1) is 32.5. The molecule has 0 unspecified atom stereocenters. The molecule has 3 aromatic rings. The summed E-state index contributed by atoms with van der Waals surface area (Å²) < 4.78 is 32.2. The Balaban J connectivity index is 1.78. The highest BCUT2D eigenvalue weighted by Gasteiger charge is 2.32. The highest BCUT2D eigenvalue weighted by atomic mass is 16.6. The molecule has 0 atom stereocenters. The molecule has 3 rings (SSSR count). The lowest BCUT2D eigenvalue weighted by Crippen LogP contribution is -2.37. The van der Waals surface area contributed by atoms with Crippen molar-refractivity contribution in [3.05, 3.63) is 111 Å². The van der Waals surface area contributed by atoms with Crippen molar-refractivity contribution in [2.45, 2.75) is 27.7 Å². The summed E-state index contributed by atoms with van der Waals surface area (Å²) in [6.45, 7) is 19.9. The van der Waals surface area contributed by atoms with Crippen LogP contribution < -0.4 is 0 Å². The molecule has 0 fully saturated rings. The second kappa shape index (κ2) is 14.7. The average Bonchev–Trinajstić information content (AvgIpc) is 3.74. The molecule has 0 saturated heterocycles. The first-order chi connectivity index (χ1) is 20.9. The van der Waals surface area contributed by atoms with Gasteiger partial charge in [-0.1, -0.05) is 0 Å². The predicted molar refractivity (Wildman–Crippen MR) is 154 cm³/mol. The normalized spacial score (nSPS) is 13.2. The van der Waals surface area contributed by atoms with Crippen molar-refractivity contribution >= 4 is 36.1 Å². The van der Waals surface area contributed by atoms with Crippen molar-refractivity contribution in [2.24, 2.45) is 5.41 Å². The van der Waals surface area contributed by atoms with E-state index in [0.29, 0.717) is 17.3 Å². The van der Waals surface area contributed by atoms with Gasteiger partial charge in [0, 0.05) is 6.08 Å². The van der Waals surface area contributed by atoms with Crippen LogP contribution in [0.15, 0.2) is 66.6 Å². The number of carbonyl (C=O) groups excluding carboxylic acids is 3. The molecule has 12 nitrogen and oxygen atoms in total. The summed E-state index contributed by atoms with van der Waals surface area (Å²) in [7, 11) is 0. The topological polar surface area (TPSA) is 151 Å². The molecule has 0 aromatic carbocycles. The number of ether oxygens (including phenoxy) is 3. The third-order valence-corrected chi connectivity index (χ3v) is 5.78. The molecule has 44 heavy (non-hydrogen) atoms. The van der Waals surface area contributed by atoms with Crippen LogP contribution in [0.2, 0.25) is 0 Å². The van der Waals surface area contributed by atoms with E-state index in [1.165, 1.54) is 25.2 Å². The van der Waals surface area contributed by atoms with E-state index >= 15 is 0 Å². The van der Waals surface area contributed by atoms with Crippen LogP contribution >= 0.6 is 0 Å². The first-order valence-corrected chi connectivity index (χ1v) is 13.0. The average molecular weight is 598 g/mol. The molecule has 0 radical (unpaired) electrons. The molecule has 0 aliphatic carbocycles. The minimum atomic E-state index is -1.37. The Bertz CT molecular complexity index is 1560. The lowest BCUT2D eigenvalue weighted by molar-refractivity contribution is -0.155. The quantitative estimate of drug-likeness (QED) is 0.0817. The van der Waals surface area contributed by atoms with E-state index in [2.05, 4.69) is 9.69 Å². The number of nitrogens with zero attached hydrogens (tertiary/aromatic N) is 3. The van der Waals surface area contributed by atoms with E-state index in [1.807, 2.05) is 0 Å². The molecule has 0 bridgehead atoms. The molecule has 0 spiro atoms. The Morgan fingerprint density at radius 3 is 1.41 bits per heavy atom. The Labute approximate surface area is 253 Å². The molecule has 0 aliphatic heterocycles. The number of rotatable bonds is 12. The summed E-state index contributed by atoms with van der Waals surface area (Å²) in [5, 5.41) is 9.48. The second-order valence-corrected chi connectivity index (χ2v) is 9.84. The van der Waals surface area contributed by atoms with E-state index in [-0.39, 0.29) is 34.2 Å². The molecule has 0 saturated carbocycles. The molecule has 224 valence electrons. The molecule has 0 aliphatic rings.